The fraction of sp³-hybridized carbons (Fsp3) is 0.0667. The van der Waals surface area contributed by atoms with E-state index in [1.54, 1.807) is 12.1 Å². The first-order chi connectivity index (χ1) is 11.8. The van der Waals surface area contributed by atoms with Crippen LogP contribution in [0.5, 0.6) is 0 Å². The van der Waals surface area contributed by atoms with E-state index in [2.05, 4.69) is 15.7 Å². The van der Waals surface area contributed by atoms with Gasteiger partial charge in [-0.05, 0) is 29.6 Å². The van der Waals surface area contributed by atoms with Crippen molar-refractivity contribution in [1.82, 2.24) is 15.8 Å². The van der Waals surface area contributed by atoms with Gasteiger partial charge in [0.05, 0.1) is 21.5 Å². The summed E-state index contributed by atoms with van der Waals surface area (Å²) < 4.78 is 39.5. The Balaban J connectivity index is 1.62. The molecule has 0 atom stereocenters. The molecule has 0 aliphatic heterocycles. The SMILES string of the molecule is O=C(NNC(=O)c1cc2sccc2[nH]1)Nc1ccccc1C(F)(F)F. The molecule has 2 heterocycles. The average Bonchev–Trinajstić information content (AvgIpc) is 3.13. The topological polar surface area (TPSA) is 86.0 Å². The Morgan fingerprint density at radius 2 is 1.84 bits per heavy atom. The van der Waals surface area contributed by atoms with E-state index in [9.17, 15) is 22.8 Å². The summed E-state index contributed by atoms with van der Waals surface area (Å²) in [6, 6.07) is 6.93. The average molecular weight is 368 g/mol. The number of benzene rings is 1. The fourth-order valence-corrected chi connectivity index (χ4v) is 2.93. The number of carbonyl (C=O) groups is 2. The molecule has 1 aromatic carbocycles. The van der Waals surface area contributed by atoms with Crippen LogP contribution < -0.4 is 16.2 Å². The molecule has 0 saturated heterocycles. The van der Waals surface area contributed by atoms with Gasteiger partial charge in [-0.3, -0.25) is 10.2 Å². The summed E-state index contributed by atoms with van der Waals surface area (Å²) >= 11 is 1.44. The summed E-state index contributed by atoms with van der Waals surface area (Å²) in [7, 11) is 0. The second kappa shape index (κ2) is 6.48. The summed E-state index contributed by atoms with van der Waals surface area (Å²) in [6.07, 6.45) is -4.61. The van der Waals surface area contributed by atoms with E-state index < -0.39 is 29.4 Å². The van der Waals surface area contributed by atoms with E-state index in [0.717, 1.165) is 22.3 Å². The molecule has 2 aromatic heterocycles. The molecule has 3 amide bonds. The number of carbonyl (C=O) groups excluding carboxylic acids is 2. The van der Waals surface area contributed by atoms with Gasteiger partial charge in [-0.25, -0.2) is 10.2 Å². The van der Waals surface area contributed by atoms with Crippen LogP contribution in [0.1, 0.15) is 16.1 Å². The molecule has 0 fully saturated rings. The van der Waals surface area contributed by atoms with Crippen molar-refractivity contribution in [1.29, 1.82) is 0 Å². The van der Waals surface area contributed by atoms with Gasteiger partial charge in [-0.1, -0.05) is 12.1 Å². The fourth-order valence-electron chi connectivity index (χ4n) is 2.14. The molecule has 0 aliphatic carbocycles. The first-order valence-corrected chi connectivity index (χ1v) is 7.82. The number of hydrazine groups is 1. The highest BCUT2D eigenvalue weighted by Crippen LogP contribution is 2.34. The molecule has 10 heteroatoms. The van der Waals surface area contributed by atoms with Gasteiger partial charge in [0.2, 0.25) is 0 Å². The second-order valence-corrected chi connectivity index (χ2v) is 5.91. The van der Waals surface area contributed by atoms with Crippen LogP contribution in [0.4, 0.5) is 23.7 Å². The normalized spacial score (nSPS) is 11.3. The lowest BCUT2D eigenvalue weighted by atomic mass is 10.1. The van der Waals surface area contributed by atoms with Crippen molar-refractivity contribution in [2.24, 2.45) is 0 Å². The number of alkyl halides is 3. The van der Waals surface area contributed by atoms with Crippen molar-refractivity contribution in [3.63, 3.8) is 0 Å². The van der Waals surface area contributed by atoms with Crippen LogP contribution in [-0.4, -0.2) is 16.9 Å². The molecular weight excluding hydrogens is 357 g/mol. The van der Waals surface area contributed by atoms with Gasteiger partial charge in [0.15, 0.2) is 0 Å². The van der Waals surface area contributed by atoms with E-state index in [-0.39, 0.29) is 5.69 Å². The molecule has 0 unspecified atom stereocenters. The molecule has 0 spiro atoms. The summed E-state index contributed by atoms with van der Waals surface area (Å²) in [5.41, 5.74) is 3.73. The summed E-state index contributed by atoms with van der Waals surface area (Å²) in [5.74, 6) is -0.623. The minimum Gasteiger partial charge on any atom is -0.350 e. The number of halogens is 3. The number of H-pyrrole nitrogens is 1. The number of fused-ring (bicyclic) bond motifs is 1. The maximum Gasteiger partial charge on any atom is 0.418 e. The van der Waals surface area contributed by atoms with Crippen molar-refractivity contribution in [2.45, 2.75) is 6.18 Å². The highest BCUT2D eigenvalue weighted by Gasteiger charge is 2.33. The first-order valence-electron chi connectivity index (χ1n) is 6.94. The molecule has 0 saturated carbocycles. The Kier molecular flexibility index (Phi) is 4.36. The number of nitrogens with one attached hydrogen (secondary N) is 4. The predicted molar refractivity (Wildman–Crippen MR) is 87.2 cm³/mol. The number of para-hydroxylation sites is 1. The number of amides is 3. The zero-order chi connectivity index (χ0) is 18.0. The number of anilines is 1. The Morgan fingerprint density at radius 3 is 2.56 bits per heavy atom. The van der Waals surface area contributed by atoms with Crippen LogP contribution in [-0.2, 0) is 6.18 Å². The zero-order valence-electron chi connectivity index (χ0n) is 12.4. The lowest BCUT2D eigenvalue weighted by Crippen LogP contribution is -2.44. The molecule has 4 N–H and O–H groups in total. The maximum atomic E-state index is 12.9. The van der Waals surface area contributed by atoms with Gasteiger partial charge >= 0.3 is 12.2 Å². The second-order valence-electron chi connectivity index (χ2n) is 4.96. The van der Waals surface area contributed by atoms with Gasteiger partial charge in [0.1, 0.15) is 5.69 Å². The molecule has 25 heavy (non-hydrogen) atoms. The van der Waals surface area contributed by atoms with E-state index in [1.165, 1.54) is 23.5 Å². The van der Waals surface area contributed by atoms with Crippen LogP contribution >= 0.6 is 11.3 Å². The molecular formula is C15H11F3N4O2S. The predicted octanol–water partition coefficient (Wildman–Crippen LogP) is 3.71. The lowest BCUT2D eigenvalue weighted by molar-refractivity contribution is -0.136. The van der Waals surface area contributed by atoms with Crippen LogP contribution in [0.3, 0.4) is 0 Å². The largest absolute Gasteiger partial charge is 0.418 e. The molecule has 0 radical (unpaired) electrons. The van der Waals surface area contributed by atoms with Crippen molar-refractivity contribution < 1.29 is 22.8 Å². The quantitative estimate of drug-likeness (QED) is 0.520. The zero-order valence-corrected chi connectivity index (χ0v) is 13.2. The van der Waals surface area contributed by atoms with E-state index in [1.807, 2.05) is 10.8 Å². The third-order valence-corrected chi connectivity index (χ3v) is 4.12. The number of aromatic amines is 1. The lowest BCUT2D eigenvalue weighted by Gasteiger charge is -2.14. The number of hydrogen-bond donors (Lipinski definition) is 4. The van der Waals surface area contributed by atoms with Crippen molar-refractivity contribution in [3.05, 3.63) is 53.0 Å². The van der Waals surface area contributed by atoms with Crippen LogP contribution in [0.25, 0.3) is 10.2 Å². The summed E-state index contributed by atoms with van der Waals surface area (Å²) in [4.78, 5) is 26.5. The van der Waals surface area contributed by atoms with Crippen molar-refractivity contribution >= 4 is 39.2 Å². The van der Waals surface area contributed by atoms with Gasteiger partial charge in [-0.2, -0.15) is 13.2 Å². The Bertz CT molecular complexity index is 904. The van der Waals surface area contributed by atoms with Gasteiger partial charge in [0, 0.05) is 0 Å². The Hall–Kier alpha value is -3.01. The monoisotopic (exact) mass is 368 g/mol. The van der Waals surface area contributed by atoms with E-state index >= 15 is 0 Å². The summed E-state index contributed by atoms with van der Waals surface area (Å²) in [5, 5.41) is 3.91. The standard InChI is InChI=1S/C15H11F3N4O2S/c16-15(17,18)8-3-1-2-4-9(8)20-14(24)22-21-13(23)11-7-12-10(19-11)5-6-25-12/h1-7,19H,(H,21,23)(H2,20,22,24). The van der Waals surface area contributed by atoms with Crippen LogP contribution in [0.15, 0.2) is 41.8 Å². The van der Waals surface area contributed by atoms with Gasteiger partial charge in [0.25, 0.3) is 5.91 Å². The minimum atomic E-state index is -4.61. The Morgan fingerprint density at radius 1 is 1.08 bits per heavy atom. The maximum absolute atomic E-state index is 12.9. The molecule has 130 valence electrons. The number of thiophene rings is 1. The first kappa shape index (κ1) is 16.8. The number of rotatable bonds is 2. The molecule has 0 bridgehead atoms. The molecule has 0 aliphatic rings. The number of hydrogen-bond acceptors (Lipinski definition) is 3. The highest BCUT2D eigenvalue weighted by atomic mass is 32.1. The number of aromatic nitrogens is 1. The van der Waals surface area contributed by atoms with E-state index in [4.69, 9.17) is 0 Å². The number of urea groups is 1. The van der Waals surface area contributed by atoms with E-state index in [0.29, 0.717) is 0 Å². The molecule has 3 aromatic rings. The smallest absolute Gasteiger partial charge is 0.350 e. The van der Waals surface area contributed by atoms with Crippen LogP contribution in [0, 0.1) is 0 Å². The van der Waals surface area contributed by atoms with Crippen molar-refractivity contribution in [2.75, 3.05) is 5.32 Å². The third kappa shape index (κ3) is 3.74. The van der Waals surface area contributed by atoms with Crippen LogP contribution in [0.2, 0.25) is 0 Å². The highest BCUT2D eigenvalue weighted by molar-refractivity contribution is 7.17. The van der Waals surface area contributed by atoms with Gasteiger partial charge < -0.3 is 10.3 Å². The molecule has 6 nitrogen and oxygen atoms in total. The Labute approximate surface area is 143 Å². The summed E-state index contributed by atoms with van der Waals surface area (Å²) in [6.45, 7) is 0. The third-order valence-electron chi connectivity index (χ3n) is 3.25. The van der Waals surface area contributed by atoms with Gasteiger partial charge in [-0.15, -0.1) is 11.3 Å². The van der Waals surface area contributed by atoms with Crippen molar-refractivity contribution in [3.8, 4) is 0 Å². The molecule has 3 rings (SSSR count). The minimum absolute atomic E-state index is 0.220.